The van der Waals surface area contributed by atoms with Crippen LogP contribution < -0.4 is 15.5 Å². The quantitative estimate of drug-likeness (QED) is 0.249. The molecule has 2 amide bonds. The van der Waals surface area contributed by atoms with Crippen molar-refractivity contribution < 1.29 is 43.6 Å². The number of ether oxygens (including phenoxy) is 1. The number of aliphatic hydroxyl groups excluding tert-OH is 2. The fourth-order valence-corrected chi connectivity index (χ4v) is 4.21. The lowest BCUT2D eigenvalue weighted by Crippen LogP contribution is -2.34. The van der Waals surface area contributed by atoms with Crippen molar-refractivity contribution in [2.45, 2.75) is 24.5 Å². The summed E-state index contributed by atoms with van der Waals surface area (Å²) in [6.45, 7) is -0.711. The van der Waals surface area contributed by atoms with Crippen molar-refractivity contribution in [3.8, 4) is 0 Å². The lowest BCUT2D eigenvalue weighted by Gasteiger charge is -2.24. The number of aromatic nitrogens is 4. The van der Waals surface area contributed by atoms with Gasteiger partial charge in [0.25, 0.3) is 0 Å². The average Bonchev–Trinajstić information content (AvgIpc) is 3.34. The van der Waals surface area contributed by atoms with E-state index in [2.05, 4.69) is 30.1 Å². The fourth-order valence-electron chi connectivity index (χ4n) is 3.42. The van der Waals surface area contributed by atoms with E-state index in [4.69, 9.17) is 9.84 Å². The molecule has 1 saturated heterocycles. The van der Waals surface area contributed by atoms with Crippen LogP contribution in [0.25, 0.3) is 11.2 Å². The minimum Gasteiger partial charge on any atom is -0.778 e. The second-order valence-corrected chi connectivity index (χ2v) is 9.29. The lowest BCUT2D eigenvalue weighted by atomic mass is 10.1. The number of hydrogen-bond donors (Lipinski definition) is 5. The standard InChI is InChI=1S/C19H21N6O9P/c26-12(27)7-35(31,32)33-6-11-14(28)15(29)18(34-11)25-9-22-13-16(20-8-21-17(13)25)24-19(30)23-10-4-2-1-3-5-10/h1-5,8-9,11,14-15,18,28-29H,6-7H2,(H,26,27)(H,31,32)(H2,20,21,23,24,30)/p-1/t11-,14+,15+,18-/m1/s1. The Morgan fingerprint density at radius 2 is 1.89 bits per heavy atom. The van der Waals surface area contributed by atoms with Gasteiger partial charge in [-0.3, -0.25) is 14.7 Å². The van der Waals surface area contributed by atoms with Gasteiger partial charge in [0.05, 0.1) is 12.9 Å². The topological polar surface area (TPSA) is 221 Å². The predicted octanol–water partition coefficient (Wildman–Crippen LogP) is -0.256. The van der Waals surface area contributed by atoms with Crippen LogP contribution in [0, 0.1) is 0 Å². The van der Waals surface area contributed by atoms with Crippen LogP contribution in [0.5, 0.6) is 0 Å². The molecule has 1 aliphatic heterocycles. The number of fused-ring (bicyclic) bond motifs is 1. The zero-order chi connectivity index (χ0) is 25.2. The molecule has 15 nitrogen and oxygen atoms in total. The summed E-state index contributed by atoms with van der Waals surface area (Å²) < 4.78 is 23.1. The molecule has 3 heterocycles. The molecule has 5 atom stereocenters. The number of urea groups is 1. The van der Waals surface area contributed by atoms with E-state index >= 15 is 0 Å². The molecular formula is C19H20N6O9P-. The summed E-state index contributed by atoms with van der Waals surface area (Å²) in [7, 11) is -4.72. The van der Waals surface area contributed by atoms with Gasteiger partial charge in [0.2, 0.25) is 0 Å². The Balaban J connectivity index is 1.48. The number of amides is 2. The van der Waals surface area contributed by atoms with E-state index in [1.54, 1.807) is 30.3 Å². The normalized spacial score (nSPS) is 23.6. The molecule has 0 radical (unpaired) electrons. The van der Waals surface area contributed by atoms with Crippen molar-refractivity contribution in [1.82, 2.24) is 19.5 Å². The molecule has 1 aromatic carbocycles. The Labute approximate surface area is 196 Å². The first-order chi connectivity index (χ1) is 16.6. The maximum Gasteiger partial charge on any atom is 0.324 e. The number of aliphatic carboxylic acids is 1. The molecule has 0 spiro atoms. The van der Waals surface area contributed by atoms with E-state index in [-0.39, 0.29) is 17.0 Å². The minimum absolute atomic E-state index is 0.0658. The third-order valence-corrected chi connectivity index (χ3v) is 6.20. The fraction of sp³-hybridized carbons (Fsp3) is 0.316. The number of imidazole rings is 1. The second-order valence-electron chi connectivity index (χ2n) is 7.50. The highest BCUT2D eigenvalue weighted by molar-refractivity contribution is 7.52. The molecular weight excluding hydrogens is 487 g/mol. The Kier molecular flexibility index (Phi) is 7.07. The van der Waals surface area contributed by atoms with Crippen molar-refractivity contribution in [1.29, 1.82) is 0 Å². The van der Waals surface area contributed by atoms with Gasteiger partial charge < -0.3 is 39.4 Å². The number of nitrogens with one attached hydrogen (secondary N) is 2. The highest BCUT2D eigenvalue weighted by Gasteiger charge is 2.45. The molecule has 1 fully saturated rings. The number of carbonyl (C=O) groups is 2. The van der Waals surface area contributed by atoms with E-state index < -0.39 is 56.9 Å². The molecule has 0 saturated carbocycles. The second kappa shape index (κ2) is 10.0. The maximum atomic E-state index is 12.3. The van der Waals surface area contributed by atoms with E-state index in [0.29, 0.717) is 5.69 Å². The van der Waals surface area contributed by atoms with Crippen molar-refractivity contribution in [3.63, 3.8) is 0 Å². The number of carboxylic acid groups (broad SMARTS) is 1. The van der Waals surface area contributed by atoms with E-state index in [0.717, 1.165) is 6.33 Å². The third-order valence-electron chi connectivity index (χ3n) is 5.00. The van der Waals surface area contributed by atoms with Crippen molar-refractivity contribution in [3.05, 3.63) is 43.0 Å². The number of nitrogens with zero attached hydrogens (tertiary/aromatic N) is 4. The first kappa shape index (κ1) is 24.7. The molecule has 2 aromatic heterocycles. The van der Waals surface area contributed by atoms with Gasteiger partial charge in [0.1, 0.15) is 38.4 Å². The van der Waals surface area contributed by atoms with Crippen LogP contribution in [0.4, 0.5) is 16.3 Å². The number of para-hydroxylation sites is 1. The summed E-state index contributed by atoms with van der Waals surface area (Å²) in [5, 5.41) is 34.6. The van der Waals surface area contributed by atoms with Crippen LogP contribution in [0.15, 0.2) is 43.0 Å². The minimum atomic E-state index is -4.72. The number of aliphatic hydroxyl groups is 2. The van der Waals surface area contributed by atoms with Crippen LogP contribution in [-0.4, -0.2) is 77.9 Å². The number of hydrogen-bond acceptors (Lipinski definition) is 11. The van der Waals surface area contributed by atoms with Gasteiger partial charge in [-0.1, -0.05) is 18.2 Å². The Hall–Kier alpha value is -3.46. The summed E-state index contributed by atoms with van der Waals surface area (Å²) in [5.74, 6) is -1.53. The number of rotatable bonds is 8. The molecule has 1 unspecified atom stereocenters. The van der Waals surface area contributed by atoms with Crippen molar-refractivity contribution in [2.24, 2.45) is 0 Å². The maximum absolute atomic E-state index is 12.3. The Morgan fingerprint density at radius 3 is 2.60 bits per heavy atom. The number of carboxylic acids is 1. The van der Waals surface area contributed by atoms with E-state index in [1.807, 2.05) is 0 Å². The molecule has 1 aliphatic rings. The van der Waals surface area contributed by atoms with Gasteiger partial charge in [0.15, 0.2) is 23.2 Å². The zero-order valence-corrected chi connectivity index (χ0v) is 18.7. The molecule has 4 rings (SSSR count). The Morgan fingerprint density at radius 1 is 1.14 bits per heavy atom. The number of benzene rings is 1. The van der Waals surface area contributed by atoms with E-state index in [1.165, 1.54) is 10.9 Å². The van der Waals surface area contributed by atoms with Crippen molar-refractivity contribution in [2.75, 3.05) is 23.4 Å². The smallest absolute Gasteiger partial charge is 0.324 e. The van der Waals surface area contributed by atoms with E-state index in [9.17, 15) is 29.3 Å². The Bertz CT molecular complexity index is 1270. The zero-order valence-electron chi connectivity index (χ0n) is 17.8. The summed E-state index contributed by atoms with van der Waals surface area (Å²) in [6, 6.07) is 8.11. The summed E-state index contributed by atoms with van der Waals surface area (Å²) in [5.41, 5.74) is 0.857. The van der Waals surface area contributed by atoms with Gasteiger partial charge in [-0.15, -0.1) is 0 Å². The van der Waals surface area contributed by atoms with Gasteiger partial charge in [-0.2, -0.15) is 0 Å². The van der Waals surface area contributed by atoms with Crippen LogP contribution in [0.1, 0.15) is 6.23 Å². The highest BCUT2D eigenvalue weighted by atomic mass is 31.2. The van der Waals surface area contributed by atoms with Crippen LogP contribution in [0.3, 0.4) is 0 Å². The van der Waals surface area contributed by atoms with Crippen LogP contribution in [-0.2, 0) is 18.6 Å². The highest BCUT2D eigenvalue weighted by Crippen LogP contribution is 2.39. The van der Waals surface area contributed by atoms with Gasteiger partial charge in [0, 0.05) is 5.69 Å². The van der Waals surface area contributed by atoms with Crippen LogP contribution in [0.2, 0.25) is 0 Å². The molecule has 186 valence electrons. The molecule has 16 heteroatoms. The lowest BCUT2D eigenvalue weighted by molar-refractivity contribution is -0.202. The molecule has 5 N–H and O–H groups in total. The number of carbonyl (C=O) groups excluding carboxylic acids is 1. The first-order valence-corrected chi connectivity index (χ1v) is 11.9. The summed E-state index contributed by atoms with van der Waals surface area (Å²) in [6.07, 6.45) is -4.46. The SMILES string of the molecule is O=C(O)CP(=O)([O-])OC[C@H]1O[C@@H](n2cnc3c(NC(=O)Nc4ccccc4)ncnc32)[C@@H](O)[C@H]1O. The van der Waals surface area contributed by atoms with Gasteiger partial charge >= 0.3 is 12.0 Å². The third kappa shape index (κ3) is 5.62. The summed E-state index contributed by atoms with van der Waals surface area (Å²) >= 11 is 0. The van der Waals surface area contributed by atoms with Gasteiger partial charge in [-0.05, 0) is 12.1 Å². The average molecular weight is 507 g/mol. The molecule has 35 heavy (non-hydrogen) atoms. The molecule has 0 bridgehead atoms. The predicted molar refractivity (Wildman–Crippen MR) is 116 cm³/mol. The number of anilines is 2. The van der Waals surface area contributed by atoms with Crippen molar-refractivity contribution >= 4 is 42.3 Å². The largest absolute Gasteiger partial charge is 0.778 e. The molecule has 3 aromatic rings. The van der Waals surface area contributed by atoms with Crippen LogP contribution >= 0.6 is 7.60 Å². The summed E-state index contributed by atoms with van der Waals surface area (Å²) in [4.78, 5) is 46.9. The molecule has 0 aliphatic carbocycles. The first-order valence-electron chi connectivity index (χ1n) is 10.1. The monoisotopic (exact) mass is 507 g/mol. The van der Waals surface area contributed by atoms with Gasteiger partial charge in [-0.25, -0.2) is 19.7 Å².